The van der Waals surface area contributed by atoms with E-state index in [4.69, 9.17) is 34.8 Å². The van der Waals surface area contributed by atoms with Gasteiger partial charge in [0.05, 0.1) is 59.1 Å². The smallest absolute Gasteiger partial charge is 0.327 e. The van der Waals surface area contributed by atoms with Gasteiger partial charge in [-0.3, -0.25) is 42.9 Å². The van der Waals surface area contributed by atoms with Crippen LogP contribution in [-0.4, -0.2) is 301 Å². The molecular formula is C105H146Cl3N19O9S3. The summed E-state index contributed by atoms with van der Waals surface area (Å²) >= 11 is 25.4. The Morgan fingerprint density at radius 1 is 0.417 bits per heavy atom. The quantitative estimate of drug-likeness (QED) is 0.0569. The number of likely N-dealkylation sites (tertiary alicyclic amines) is 3. The number of piperidine rings is 3. The van der Waals surface area contributed by atoms with Crippen LogP contribution in [-0.2, 0) is 35.2 Å². The molecule has 0 spiro atoms. The number of urea groups is 1. The summed E-state index contributed by atoms with van der Waals surface area (Å²) in [4.78, 5) is 160. The van der Waals surface area contributed by atoms with Crippen molar-refractivity contribution in [1.82, 2.24) is 73.1 Å². The Morgan fingerprint density at radius 2 is 0.799 bits per heavy atom. The summed E-state index contributed by atoms with van der Waals surface area (Å²) in [6, 6.07) is 39.6. The van der Waals surface area contributed by atoms with Crippen molar-refractivity contribution in [3.63, 3.8) is 0 Å². The number of halogens is 3. The van der Waals surface area contributed by atoms with Crippen molar-refractivity contribution in [2.24, 2.45) is 16.2 Å². The molecular weight excluding hydrogens is 1870 g/mol. The van der Waals surface area contributed by atoms with Crippen LogP contribution >= 0.6 is 70.1 Å². The van der Waals surface area contributed by atoms with Gasteiger partial charge in [0.2, 0.25) is 35.4 Å². The summed E-state index contributed by atoms with van der Waals surface area (Å²) in [6.45, 7) is 36.7. The molecule has 0 saturated carbocycles. The maximum atomic E-state index is 14.1. The molecule has 0 aliphatic carbocycles. The van der Waals surface area contributed by atoms with Crippen molar-refractivity contribution in [3.8, 4) is 11.3 Å². The van der Waals surface area contributed by atoms with Gasteiger partial charge >= 0.3 is 17.4 Å². The molecule has 754 valence electrons. The largest absolute Gasteiger partial charge is 0.367 e. The summed E-state index contributed by atoms with van der Waals surface area (Å²) in [5.74, 6) is 0.113. The number of piperazine rings is 3. The number of benzene rings is 5. The molecule has 28 nitrogen and oxygen atoms in total. The van der Waals surface area contributed by atoms with Crippen LogP contribution in [0.15, 0.2) is 143 Å². The summed E-state index contributed by atoms with van der Waals surface area (Å²) in [5.41, 5.74) is 11.3. The Balaban J connectivity index is 0.000000177. The Hall–Kier alpha value is -9.18. The van der Waals surface area contributed by atoms with E-state index in [1.54, 1.807) is 50.6 Å². The minimum atomic E-state index is -0.457. The van der Waals surface area contributed by atoms with Gasteiger partial charge in [0.1, 0.15) is 16.1 Å². The average Bonchev–Trinajstić information content (AvgIpc) is 1.57. The zero-order valence-electron chi connectivity index (χ0n) is 82.8. The molecule has 3 aromatic heterocycles. The minimum Gasteiger partial charge on any atom is -0.367 e. The number of para-hydroxylation sites is 4. The van der Waals surface area contributed by atoms with Crippen LogP contribution in [0.25, 0.3) is 22.4 Å². The molecule has 8 amide bonds. The molecule has 5 aromatic carbocycles. The van der Waals surface area contributed by atoms with Crippen LogP contribution in [0.3, 0.4) is 0 Å². The van der Waals surface area contributed by atoms with E-state index in [0.29, 0.717) is 112 Å². The number of aromatic nitrogens is 5. The van der Waals surface area contributed by atoms with E-state index in [-0.39, 0.29) is 127 Å². The fourth-order valence-corrected chi connectivity index (χ4v) is 26.2. The van der Waals surface area contributed by atoms with E-state index >= 15 is 0 Å². The molecule has 0 bridgehead atoms. The van der Waals surface area contributed by atoms with Crippen molar-refractivity contribution in [3.05, 3.63) is 192 Å². The number of hydrogen-bond donors (Lipinski definition) is 3. The van der Waals surface area contributed by atoms with Gasteiger partial charge < -0.3 is 74.0 Å². The fourth-order valence-electron chi connectivity index (χ4n) is 20.8. The van der Waals surface area contributed by atoms with Crippen molar-refractivity contribution in [2.75, 3.05) is 185 Å². The van der Waals surface area contributed by atoms with Crippen LogP contribution in [0.5, 0.6) is 0 Å². The maximum absolute atomic E-state index is 14.1. The third-order valence-corrected chi connectivity index (χ3v) is 34.5. The first kappa shape index (κ1) is 103. The molecule has 0 radical (unpaired) electrons. The van der Waals surface area contributed by atoms with E-state index in [1.807, 2.05) is 138 Å². The summed E-state index contributed by atoms with van der Waals surface area (Å²) < 4.78 is 3.56. The fraction of sp³-hybridized carbons (Fsp3) is 0.562. The summed E-state index contributed by atoms with van der Waals surface area (Å²) in [7, 11) is 6.41. The number of rotatable bonds is 22. The van der Waals surface area contributed by atoms with Crippen molar-refractivity contribution < 1.29 is 37.8 Å². The number of amides is 8. The first-order chi connectivity index (χ1) is 66.5. The topological polar surface area (TPSA) is 262 Å². The minimum absolute atomic E-state index is 0. The molecule has 10 aliphatic rings. The molecule has 34 heteroatoms. The third-order valence-electron chi connectivity index (χ3n) is 29.2. The number of H-pyrrole nitrogens is 2. The molecule has 9 saturated heterocycles. The number of fused-ring (bicyclic) bond motifs is 2. The number of pyridine rings is 1. The Kier molecular flexibility index (Phi) is 33.1. The Morgan fingerprint density at radius 3 is 1.20 bits per heavy atom. The monoisotopic (exact) mass is 2020 g/mol. The lowest BCUT2D eigenvalue weighted by Gasteiger charge is -2.38. The number of likely N-dealkylation sites (N-methyl/N-ethyl adjacent to an activating group) is 3. The lowest BCUT2D eigenvalue weighted by atomic mass is 9.92. The highest BCUT2D eigenvalue weighted by Gasteiger charge is 2.49. The number of nitrogens with one attached hydrogen (secondary N) is 3. The lowest BCUT2D eigenvalue weighted by molar-refractivity contribution is -0.137. The van der Waals surface area contributed by atoms with Crippen LogP contribution < -0.4 is 31.4 Å². The molecule has 10 aliphatic heterocycles. The van der Waals surface area contributed by atoms with Crippen molar-refractivity contribution in [1.29, 1.82) is 0 Å². The summed E-state index contributed by atoms with van der Waals surface area (Å²) in [6.07, 6.45) is 11.7. The average molecular weight is 2020 g/mol. The van der Waals surface area contributed by atoms with Gasteiger partial charge in [0, 0.05) is 220 Å². The molecule has 9 fully saturated rings. The molecule has 6 unspecified atom stereocenters. The van der Waals surface area contributed by atoms with Crippen LogP contribution in [0.4, 0.5) is 27.5 Å². The van der Waals surface area contributed by atoms with Crippen molar-refractivity contribution >= 4 is 145 Å². The van der Waals surface area contributed by atoms with Crippen molar-refractivity contribution in [2.45, 2.75) is 196 Å². The second-order valence-corrected chi connectivity index (χ2v) is 47.8. The lowest BCUT2D eigenvalue weighted by Crippen LogP contribution is -2.50. The number of carbonyl (C=O) groups excluding carboxylic acids is 7. The van der Waals surface area contributed by atoms with E-state index < -0.39 is 15.7 Å². The number of imidazole rings is 2. The second kappa shape index (κ2) is 44.8. The molecule has 18 rings (SSSR count). The van der Waals surface area contributed by atoms with Gasteiger partial charge in [-0.2, -0.15) is 0 Å². The second-order valence-electron chi connectivity index (χ2n) is 42.8. The molecule has 6 atom stereocenters. The standard InChI is InChI=1S/C36H49ClN6O3S.C36H47ClN6O3S.C33H44ClN7O3S.3H2/c1-36(2,3)15-19-43-33(45)30(47-34(43)27-9-7-10-28(37)32(27)41-22-20-39(4)21-23-41)24-31(44)40-16-13-26(14-17-40)42-18-12-25-8-5-6-11-29(25)38-35(42)46;1-36(2,3)15-18-42-33(45)30(47-34(42)27-11-8-12-28(37)32(27)41-21-19-39(4)20-22-41)23-31(44)40-16-13-26(14-17-40)43-24-29(38-35(43)46)25-9-6-5-7-10-25;1-33(2,3)12-16-40-30(43)26(45-31(40)23-7-5-8-24(34)28(23)39-19-17-37(4)18-20-39)21-27(42)38-14-10-22(11-15-38)41-25-9-6-13-35-29(25)36-32(41)44;;;/h5-11,26,30,34H,12-24H2,1-4H3,(H,38,46);5-12,24,26,30,34H,13-23H2,1-4H3,(H,38,46);5-9,13,22,26,31H,10-12,14-21H2,1-4H3,(H,35,36,44);3*1H. The summed E-state index contributed by atoms with van der Waals surface area (Å²) in [5, 5.41) is 3.22. The third kappa shape index (κ3) is 24.7. The number of carbonyl (C=O) groups is 7. The SMILES string of the molecule is CN1CCN(c2c(Cl)cccc2C2SC(CC(=O)N3CCC(N4CCc5ccccc5NC4=O)CC3)C(=O)N2CCC(C)(C)C)CC1.CN1CCN(c2c(Cl)cccc2C2SC(CC(=O)N3CCC(n4c(=O)[nH]c5ncccc54)CC3)C(=O)N2CCC(C)(C)C)CC1.CN1CCN(c2c(Cl)cccc2C2SC(CC(=O)N3CCC(n4cc(-c5ccccc5)[nH]c4=O)CC3)C(=O)N2CCC(C)(C)C)CC1.[HH].[HH].[HH]. The highest BCUT2D eigenvalue weighted by atomic mass is 35.5. The van der Waals surface area contributed by atoms with E-state index in [1.165, 1.54) is 0 Å². The van der Waals surface area contributed by atoms with Crippen LogP contribution in [0.2, 0.25) is 15.1 Å². The van der Waals surface area contributed by atoms with Gasteiger partial charge in [0.25, 0.3) is 0 Å². The zero-order chi connectivity index (χ0) is 98.5. The maximum Gasteiger partial charge on any atom is 0.327 e. The number of thioether (sulfide) groups is 3. The Bertz CT molecular complexity index is 5810. The Labute approximate surface area is 851 Å². The van der Waals surface area contributed by atoms with E-state index in [9.17, 15) is 43.2 Å². The normalized spacial score (nSPS) is 22.3. The molecule has 139 heavy (non-hydrogen) atoms. The highest BCUT2D eigenvalue weighted by Crippen LogP contribution is 2.54. The molecule has 13 heterocycles. The number of anilines is 4. The van der Waals surface area contributed by atoms with Crippen LogP contribution in [0, 0.1) is 16.2 Å². The van der Waals surface area contributed by atoms with E-state index in [2.05, 4.69) is 157 Å². The first-order valence-electron chi connectivity index (χ1n) is 49.9. The number of hydrogen-bond acceptors (Lipinski definition) is 19. The number of aromatic amines is 2. The highest BCUT2D eigenvalue weighted by molar-refractivity contribution is 8.01. The van der Waals surface area contributed by atoms with Gasteiger partial charge in [-0.1, -0.05) is 182 Å². The zero-order valence-corrected chi connectivity index (χ0v) is 87.6. The van der Waals surface area contributed by atoms with E-state index in [0.717, 1.165) is 179 Å². The molecule has 3 N–H and O–H groups in total. The predicted molar refractivity (Wildman–Crippen MR) is 569 cm³/mol. The predicted octanol–water partition coefficient (Wildman–Crippen LogP) is 17.3. The van der Waals surface area contributed by atoms with Gasteiger partial charge in [-0.15, -0.1) is 35.3 Å². The first-order valence-corrected chi connectivity index (χ1v) is 53.9. The van der Waals surface area contributed by atoms with Gasteiger partial charge in [0.15, 0.2) is 5.65 Å². The van der Waals surface area contributed by atoms with Gasteiger partial charge in [-0.05, 0) is 149 Å². The molecule has 8 aromatic rings. The van der Waals surface area contributed by atoms with Gasteiger partial charge in [-0.25, -0.2) is 19.4 Å². The van der Waals surface area contributed by atoms with Crippen LogP contribution in [0.1, 0.15) is 194 Å². The number of nitrogens with zero attached hydrogens (tertiary/aromatic N) is 16.